The molecule has 0 radical (unpaired) electrons. The lowest BCUT2D eigenvalue weighted by Crippen LogP contribution is -2.43. The van der Waals surface area contributed by atoms with Crippen LogP contribution in [-0.4, -0.2) is 31.2 Å². The van der Waals surface area contributed by atoms with Gasteiger partial charge in [0.25, 0.3) is 0 Å². The van der Waals surface area contributed by atoms with Gasteiger partial charge in [0.15, 0.2) is 0 Å². The zero-order valence-electron chi connectivity index (χ0n) is 11.3. The van der Waals surface area contributed by atoms with Crippen LogP contribution in [0.3, 0.4) is 0 Å². The summed E-state index contributed by atoms with van der Waals surface area (Å²) >= 11 is 0. The molecule has 1 aromatic rings. The first-order valence-corrected chi connectivity index (χ1v) is 6.24. The topological polar surface area (TPSA) is 117 Å². The van der Waals surface area contributed by atoms with Crippen molar-refractivity contribution in [3.05, 3.63) is 29.6 Å². The molecule has 18 heavy (non-hydrogen) atoms. The van der Waals surface area contributed by atoms with Crippen LogP contribution in [0.2, 0.25) is 0 Å². The average Bonchev–Trinajstić information content (AvgIpc) is 2.45. The van der Waals surface area contributed by atoms with Crippen LogP contribution >= 0.6 is 0 Å². The van der Waals surface area contributed by atoms with Gasteiger partial charge >= 0.3 is 0 Å². The molecule has 0 aliphatic rings. The predicted molar refractivity (Wildman–Crippen MR) is 75.2 cm³/mol. The van der Waals surface area contributed by atoms with E-state index < -0.39 is 0 Å². The van der Waals surface area contributed by atoms with E-state index in [1.807, 2.05) is 32.0 Å². The number of aromatic nitrogens is 1. The molecule has 1 rings (SSSR count). The van der Waals surface area contributed by atoms with Crippen LogP contribution in [0.25, 0.3) is 0 Å². The molecule has 5 nitrogen and oxygen atoms in total. The molecule has 1 aromatic heterocycles. The van der Waals surface area contributed by atoms with Crippen molar-refractivity contribution in [3.8, 4) is 0 Å². The first-order valence-electron chi connectivity index (χ1n) is 6.24. The Morgan fingerprint density at radius 1 is 0.833 bits per heavy atom. The fourth-order valence-electron chi connectivity index (χ4n) is 1.69. The molecule has 102 valence electrons. The Balaban J connectivity index is 3.21. The Morgan fingerprint density at radius 3 is 1.44 bits per heavy atom. The fraction of sp³-hybridized carbons (Fsp3) is 0.615. The molecule has 0 saturated carbocycles. The van der Waals surface area contributed by atoms with Gasteiger partial charge in [0.1, 0.15) is 0 Å². The van der Waals surface area contributed by atoms with E-state index in [1.165, 1.54) is 0 Å². The van der Waals surface area contributed by atoms with E-state index in [1.54, 1.807) is 0 Å². The summed E-state index contributed by atoms with van der Waals surface area (Å²) in [6, 6.07) is 5.87. The van der Waals surface area contributed by atoms with Crippen LogP contribution in [-0.2, 0) is 10.8 Å². The molecular formula is C13H25N5. The number of hydrogen-bond acceptors (Lipinski definition) is 5. The fourth-order valence-corrected chi connectivity index (χ4v) is 1.69. The quantitative estimate of drug-likeness (QED) is 0.540. The third kappa shape index (κ3) is 2.70. The van der Waals surface area contributed by atoms with Crippen molar-refractivity contribution in [1.29, 1.82) is 0 Å². The van der Waals surface area contributed by atoms with Crippen LogP contribution in [0.15, 0.2) is 18.2 Å². The van der Waals surface area contributed by atoms with Crippen molar-refractivity contribution in [2.24, 2.45) is 22.9 Å². The van der Waals surface area contributed by atoms with E-state index in [9.17, 15) is 0 Å². The summed E-state index contributed by atoms with van der Waals surface area (Å²) in [5.41, 5.74) is 24.4. The van der Waals surface area contributed by atoms with E-state index in [4.69, 9.17) is 22.9 Å². The Bertz CT molecular complexity index is 349. The molecule has 0 bridgehead atoms. The number of nitrogens with two attached hydrogens (primary N) is 4. The second kappa shape index (κ2) is 5.75. The summed E-state index contributed by atoms with van der Waals surface area (Å²) in [4.78, 5) is 4.68. The van der Waals surface area contributed by atoms with Crippen molar-refractivity contribution in [2.45, 2.75) is 24.7 Å². The highest BCUT2D eigenvalue weighted by atomic mass is 14.8. The van der Waals surface area contributed by atoms with E-state index in [0.29, 0.717) is 26.2 Å². The molecule has 0 aromatic carbocycles. The maximum Gasteiger partial charge on any atom is 0.0491 e. The maximum atomic E-state index is 5.80. The summed E-state index contributed by atoms with van der Waals surface area (Å²) in [7, 11) is 0. The zero-order valence-corrected chi connectivity index (χ0v) is 11.3. The number of nitrogens with zero attached hydrogens (tertiary/aromatic N) is 1. The van der Waals surface area contributed by atoms with Gasteiger partial charge in [0.2, 0.25) is 0 Å². The second-order valence-electron chi connectivity index (χ2n) is 5.35. The Hall–Kier alpha value is -1.01. The molecule has 0 unspecified atom stereocenters. The van der Waals surface area contributed by atoms with E-state index in [0.717, 1.165) is 11.4 Å². The van der Waals surface area contributed by atoms with E-state index in [-0.39, 0.29) is 10.8 Å². The van der Waals surface area contributed by atoms with Crippen molar-refractivity contribution in [2.75, 3.05) is 26.2 Å². The predicted octanol–water partition coefficient (Wildman–Crippen LogP) is -0.568. The van der Waals surface area contributed by atoms with Crippen molar-refractivity contribution in [1.82, 2.24) is 4.98 Å². The highest BCUT2D eigenvalue weighted by Gasteiger charge is 2.29. The summed E-state index contributed by atoms with van der Waals surface area (Å²) in [6.45, 7) is 5.87. The Labute approximate surface area is 109 Å². The molecule has 0 amide bonds. The Morgan fingerprint density at radius 2 is 1.17 bits per heavy atom. The van der Waals surface area contributed by atoms with Crippen molar-refractivity contribution in [3.63, 3.8) is 0 Å². The zero-order chi connectivity index (χ0) is 13.8. The van der Waals surface area contributed by atoms with Gasteiger partial charge in [0, 0.05) is 48.4 Å². The van der Waals surface area contributed by atoms with Gasteiger partial charge in [-0.25, -0.2) is 0 Å². The van der Waals surface area contributed by atoms with E-state index >= 15 is 0 Å². The first kappa shape index (κ1) is 15.0. The van der Waals surface area contributed by atoms with Crippen LogP contribution in [0.4, 0.5) is 0 Å². The summed E-state index contributed by atoms with van der Waals surface area (Å²) < 4.78 is 0. The van der Waals surface area contributed by atoms with Gasteiger partial charge in [-0.2, -0.15) is 0 Å². The van der Waals surface area contributed by atoms with Gasteiger partial charge in [-0.3, -0.25) is 4.98 Å². The summed E-state index contributed by atoms with van der Waals surface area (Å²) in [5, 5.41) is 0. The normalized spacial score (nSPS) is 12.8. The summed E-state index contributed by atoms with van der Waals surface area (Å²) in [5.74, 6) is 0. The van der Waals surface area contributed by atoms with Crippen molar-refractivity contribution < 1.29 is 0 Å². The highest BCUT2D eigenvalue weighted by Crippen LogP contribution is 2.24. The lowest BCUT2D eigenvalue weighted by Gasteiger charge is -2.30. The third-order valence-corrected chi connectivity index (χ3v) is 3.79. The molecule has 8 N–H and O–H groups in total. The van der Waals surface area contributed by atoms with Gasteiger partial charge in [-0.15, -0.1) is 0 Å². The van der Waals surface area contributed by atoms with Crippen LogP contribution in [0, 0.1) is 0 Å². The molecule has 5 heteroatoms. The van der Waals surface area contributed by atoms with Gasteiger partial charge in [-0.1, -0.05) is 19.9 Å². The molecule has 0 aliphatic carbocycles. The van der Waals surface area contributed by atoms with Gasteiger partial charge in [-0.05, 0) is 12.1 Å². The molecule has 0 atom stereocenters. The highest BCUT2D eigenvalue weighted by molar-refractivity contribution is 5.25. The minimum atomic E-state index is -0.305. The van der Waals surface area contributed by atoms with Gasteiger partial charge in [0.05, 0.1) is 0 Å². The lowest BCUT2D eigenvalue weighted by molar-refractivity contribution is 0.452. The van der Waals surface area contributed by atoms with Crippen LogP contribution < -0.4 is 22.9 Å². The third-order valence-electron chi connectivity index (χ3n) is 3.79. The molecular weight excluding hydrogens is 226 g/mol. The lowest BCUT2D eigenvalue weighted by atomic mass is 9.83. The first-order chi connectivity index (χ1) is 8.45. The molecule has 0 fully saturated rings. The second-order valence-corrected chi connectivity index (χ2v) is 5.35. The minimum absolute atomic E-state index is 0.305. The Kier molecular flexibility index (Phi) is 4.81. The summed E-state index contributed by atoms with van der Waals surface area (Å²) in [6.07, 6.45) is 0. The minimum Gasteiger partial charge on any atom is -0.329 e. The van der Waals surface area contributed by atoms with Crippen LogP contribution in [0.1, 0.15) is 25.2 Å². The SMILES string of the molecule is CC(CN)(CN)c1cccc(C(C)(CN)CN)n1. The maximum absolute atomic E-state index is 5.80. The molecule has 0 spiro atoms. The number of pyridine rings is 1. The standard InChI is InChI=1S/C13H25N5/c1-12(6-14,7-15)10-4-3-5-11(18-10)13(2,8-16)9-17/h3-5H,6-9,14-17H2,1-2H3. The molecule has 0 aliphatic heterocycles. The number of rotatable bonds is 6. The smallest absolute Gasteiger partial charge is 0.0491 e. The van der Waals surface area contributed by atoms with Gasteiger partial charge < -0.3 is 22.9 Å². The average molecular weight is 251 g/mol. The molecule has 1 heterocycles. The van der Waals surface area contributed by atoms with E-state index in [2.05, 4.69) is 4.98 Å². The van der Waals surface area contributed by atoms with Crippen LogP contribution in [0.5, 0.6) is 0 Å². The monoisotopic (exact) mass is 251 g/mol. The largest absolute Gasteiger partial charge is 0.329 e. The number of hydrogen-bond donors (Lipinski definition) is 4. The van der Waals surface area contributed by atoms with Crippen molar-refractivity contribution >= 4 is 0 Å². The molecule has 0 saturated heterocycles.